The Morgan fingerprint density at radius 1 is 1.55 bits per heavy atom. The van der Waals surface area contributed by atoms with Gasteiger partial charge >= 0.3 is 0 Å². The van der Waals surface area contributed by atoms with Crippen LogP contribution < -0.4 is 5.43 Å². The molecule has 1 aromatic carbocycles. The minimum Gasteiger partial charge on any atom is -0.392 e. The lowest BCUT2D eigenvalue weighted by Crippen LogP contribution is -2.34. The monoisotopic (exact) mass is 291 g/mol. The Balaban J connectivity index is 1.94. The van der Waals surface area contributed by atoms with Gasteiger partial charge in [0.05, 0.1) is 22.7 Å². The number of nitrogens with zero attached hydrogens (tertiary/aromatic N) is 2. The van der Waals surface area contributed by atoms with Crippen molar-refractivity contribution in [2.24, 2.45) is 0 Å². The number of nitriles is 1. The van der Waals surface area contributed by atoms with Crippen molar-refractivity contribution in [2.75, 3.05) is 6.54 Å². The third kappa shape index (κ3) is 1.93. The molecule has 0 saturated carbocycles. The van der Waals surface area contributed by atoms with E-state index in [2.05, 4.69) is 5.43 Å². The number of carbonyl (C=O) groups is 1. The van der Waals surface area contributed by atoms with E-state index in [1.54, 1.807) is 17.1 Å². The highest BCUT2D eigenvalue weighted by atomic mass is 35.5. The van der Waals surface area contributed by atoms with Gasteiger partial charge in [0.2, 0.25) is 0 Å². The van der Waals surface area contributed by atoms with Crippen molar-refractivity contribution in [3.05, 3.63) is 33.8 Å². The number of nitrogens with one attached hydrogen (secondary N) is 1. The Hall–Kier alpha value is -1.45. The summed E-state index contributed by atoms with van der Waals surface area (Å²) in [6, 6.07) is 4.72. The third-order valence-corrected chi connectivity index (χ3v) is 4.53. The van der Waals surface area contributed by atoms with E-state index in [-0.39, 0.29) is 11.8 Å². The van der Waals surface area contributed by atoms with Crippen LogP contribution >= 0.6 is 11.6 Å². The summed E-state index contributed by atoms with van der Waals surface area (Å²) in [6.45, 7) is 2.27. The second-order valence-corrected chi connectivity index (χ2v) is 5.65. The van der Waals surface area contributed by atoms with Gasteiger partial charge in [-0.1, -0.05) is 17.7 Å². The number of aliphatic hydroxyl groups excluding tert-OH is 1. The molecule has 6 heteroatoms. The Labute approximate surface area is 121 Å². The van der Waals surface area contributed by atoms with Crippen molar-refractivity contribution < 1.29 is 9.90 Å². The van der Waals surface area contributed by atoms with Gasteiger partial charge in [-0.15, -0.1) is 0 Å². The molecule has 104 valence electrons. The number of hydrazine groups is 1. The summed E-state index contributed by atoms with van der Waals surface area (Å²) in [5.41, 5.74) is 5.09. The number of ketones is 1. The summed E-state index contributed by atoms with van der Waals surface area (Å²) in [5.74, 6) is 0.0467. The lowest BCUT2D eigenvalue weighted by molar-refractivity contribution is -0.120. The minimum atomic E-state index is -0.456. The Morgan fingerprint density at radius 2 is 2.30 bits per heavy atom. The highest BCUT2D eigenvalue weighted by Crippen LogP contribution is 2.34. The molecule has 3 atom stereocenters. The average molecular weight is 292 g/mol. The molecule has 2 N–H and O–H groups in total. The number of halogens is 1. The van der Waals surface area contributed by atoms with Gasteiger partial charge in [0, 0.05) is 6.54 Å². The molecule has 0 spiro atoms. The number of hydrogen-bond donors (Lipinski definition) is 2. The van der Waals surface area contributed by atoms with Gasteiger partial charge in [-0.3, -0.25) is 4.79 Å². The fourth-order valence-corrected chi connectivity index (χ4v) is 3.18. The Bertz CT molecular complexity index is 626. The van der Waals surface area contributed by atoms with Gasteiger partial charge in [0.25, 0.3) is 0 Å². The molecule has 0 bridgehead atoms. The number of Topliss-reactive ketones (excluding diaryl/α,β-unsaturated/α-hetero) is 1. The van der Waals surface area contributed by atoms with Crippen LogP contribution in [-0.4, -0.2) is 34.6 Å². The topological polar surface area (TPSA) is 76.4 Å². The lowest BCUT2D eigenvalue weighted by Gasteiger charge is -2.17. The SMILES string of the molecule is Cc1c(C2NN3C[C@H](O)C[C@H]3C2=O)ccc(C#N)c1Cl. The van der Waals surface area contributed by atoms with Crippen molar-refractivity contribution in [1.29, 1.82) is 5.26 Å². The summed E-state index contributed by atoms with van der Waals surface area (Å²) >= 11 is 6.15. The van der Waals surface area contributed by atoms with Crippen LogP contribution in [0.15, 0.2) is 12.1 Å². The first-order valence-corrected chi connectivity index (χ1v) is 6.84. The average Bonchev–Trinajstić information content (AvgIpc) is 2.92. The van der Waals surface area contributed by atoms with Crippen molar-refractivity contribution in [3.8, 4) is 6.07 Å². The maximum Gasteiger partial charge on any atom is 0.174 e. The third-order valence-electron chi connectivity index (χ3n) is 4.05. The van der Waals surface area contributed by atoms with Crippen LogP contribution in [0.25, 0.3) is 0 Å². The predicted octanol–water partition coefficient (Wildman–Crippen LogP) is 1.08. The molecule has 0 aromatic heterocycles. The first kappa shape index (κ1) is 13.5. The summed E-state index contributed by atoms with van der Waals surface area (Å²) in [5, 5.41) is 20.7. The van der Waals surface area contributed by atoms with Crippen LogP contribution in [0.4, 0.5) is 0 Å². The molecular formula is C14H14ClN3O2. The van der Waals surface area contributed by atoms with Crippen LogP contribution in [0, 0.1) is 18.3 Å². The molecule has 0 aliphatic carbocycles. The summed E-state index contributed by atoms with van der Waals surface area (Å²) in [4.78, 5) is 12.4. The second-order valence-electron chi connectivity index (χ2n) is 5.28. The van der Waals surface area contributed by atoms with Gasteiger partial charge in [-0.2, -0.15) is 5.26 Å². The Morgan fingerprint density at radius 3 is 2.95 bits per heavy atom. The highest BCUT2D eigenvalue weighted by Gasteiger charge is 2.46. The number of carbonyl (C=O) groups excluding carboxylic acids is 1. The molecule has 1 aromatic rings. The Kier molecular flexibility index (Phi) is 3.27. The van der Waals surface area contributed by atoms with Gasteiger partial charge in [-0.05, 0) is 30.5 Å². The molecule has 5 nitrogen and oxygen atoms in total. The van der Waals surface area contributed by atoms with Gasteiger partial charge < -0.3 is 5.11 Å². The van der Waals surface area contributed by atoms with Crippen LogP contribution in [0.5, 0.6) is 0 Å². The van der Waals surface area contributed by atoms with Crippen LogP contribution in [0.2, 0.25) is 5.02 Å². The number of rotatable bonds is 1. The number of fused-ring (bicyclic) bond motifs is 1. The second kappa shape index (κ2) is 4.83. The molecule has 1 unspecified atom stereocenters. The normalized spacial score (nSPS) is 29.5. The van der Waals surface area contributed by atoms with Crippen molar-refractivity contribution in [1.82, 2.24) is 10.4 Å². The van der Waals surface area contributed by atoms with Gasteiger partial charge in [-0.25, -0.2) is 10.4 Å². The first-order valence-electron chi connectivity index (χ1n) is 6.46. The summed E-state index contributed by atoms with van der Waals surface area (Å²) in [7, 11) is 0. The fourth-order valence-electron chi connectivity index (χ4n) is 2.97. The zero-order chi connectivity index (χ0) is 14.4. The van der Waals surface area contributed by atoms with E-state index >= 15 is 0 Å². The van der Waals surface area contributed by atoms with E-state index in [1.165, 1.54) is 0 Å². The van der Waals surface area contributed by atoms with Crippen LogP contribution in [-0.2, 0) is 4.79 Å². The number of aliphatic hydroxyl groups is 1. The fraction of sp³-hybridized carbons (Fsp3) is 0.429. The maximum absolute atomic E-state index is 12.4. The molecule has 2 heterocycles. The predicted molar refractivity (Wildman–Crippen MR) is 72.9 cm³/mol. The van der Waals surface area contributed by atoms with Crippen molar-refractivity contribution >= 4 is 17.4 Å². The van der Waals surface area contributed by atoms with E-state index in [0.717, 1.165) is 11.1 Å². The number of benzene rings is 1. The highest BCUT2D eigenvalue weighted by molar-refractivity contribution is 6.32. The summed E-state index contributed by atoms with van der Waals surface area (Å²) in [6.07, 6.45) is 0.00817. The maximum atomic E-state index is 12.4. The smallest absolute Gasteiger partial charge is 0.174 e. The molecule has 2 fully saturated rings. The molecule has 2 aliphatic rings. The molecule has 2 aliphatic heterocycles. The van der Waals surface area contributed by atoms with Crippen LogP contribution in [0.3, 0.4) is 0 Å². The quantitative estimate of drug-likeness (QED) is 0.810. The molecular weight excluding hydrogens is 278 g/mol. The van der Waals surface area contributed by atoms with E-state index in [1.807, 2.05) is 13.0 Å². The standard InChI is InChI=1S/C14H14ClN3O2/c1-7-10(3-2-8(5-16)12(7)15)13-14(20)11-4-9(19)6-18(11)17-13/h2-3,9,11,13,17,19H,4,6H2,1H3/t9-,11+,13?/m1/s1. The van der Waals surface area contributed by atoms with Crippen molar-refractivity contribution in [2.45, 2.75) is 31.5 Å². The lowest BCUT2D eigenvalue weighted by atomic mass is 9.94. The van der Waals surface area contributed by atoms with Gasteiger partial charge in [0.1, 0.15) is 12.1 Å². The van der Waals surface area contributed by atoms with E-state index in [9.17, 15) is 9.90 Å². The van der Waals surface area contributed by atoms with E-state index in [4.69, 9.17) is 16.9 Å². The zero-order valence-electron chi connectivity index (χ0n) is 10.9. The zero-order valence-corrected chi connectivity index (χ0v) is 11.7. The molecule has 0 amide bonds. The molecule has 0 radical (unpaired) electrons. The van der Waals surface area contributed by atoms with Gasteiger partial charge in [0.15, 0.2) is 5.78 Å². The van der Waals surface area contributed by atoms with E-state index in [0.29, 0.717) is 23.6 Å². The molecule has 20 heavy (non-hydrogen) atoms. The first-order chi connectivity index (χ1) is 9.52. The van der Waals surface area contributed by atoms with E-state index < -0.39 is 12.1 Å². The summed E-state index contributed by atoms with van der Waals surface area (Å²) < 4.78 is 0. The molecule has 3 rings (SSSR count). The van der Waals surface area contributed by atoms with Crippen LogP contribution in [0.1, 0.15) is 29.2 Å². The number of hydrogen-bond acceptors (Lipinski definition) is 5. The molecule has 2 saturated heterocycles. The van der Waals surface area contributed by atoms with Crippen molar-refractivity contribution in [3.63, 3.8) is 0 Å². The largest absolute Gasteiger partial charge is 0.392 e. The minimum absolute atomic E-state index is 0.0467.